The molecular formula is C30H33F3N6O3. The highest BCUT2D eigenvalue weighted by Crippen LogP contribution is 2.37. The van der Waals surface area contributed by atoms with E-state index in [2.05, 4.69) is 26.8 Å². The number of aromatic amines is 1. The molecule has 12 heteroatoms. The van der Waals surface area contributed by atoms with E-state index in [1.165, 1.54) is 12.1 Å². The zero-order valence-corrected chi connectivity index (χ0v) is 23.7. The van der Waals surface area contributed by atoms with Gasteiger partial charge in [-0.25, -0.2) is 18.2 Å². The van der Waals surface area contributed by atoms with Gasteiger partial charge in [0.2, 0.25) is 5.56 Å². The summed E-state index contributed by atoms with van der Waals surface area (Å²) < 4.78 is 48.8. The first-order valence-corrected chi connectivity index (χ1v) is 13.7. The maximum atomic E-state index is 15.8. The number of nitrogens with zero attached hydrogens (tertiary/aromatic N) is 4. The molecule has 2 aromatic heterocycles. The minimum Gasteiger partial charge on any atom is -0.375 e. The Hall–Kier alpha value is -4.32. The zero-order valence-electron chi connectivity index (χ0n) is 23.7. The number of alkyl halides is 2. The van der Waals surface area contributed by atoms with Crippen LogP contribution in [0.25, 0.3) is 11.1 Å². The second-order valence-corrected chi connectivity index (χ2v) is 10.7. The fourth-order valence-electron chi connectivity index (χ4n) is 5.29. The lowest BCUT2D eigenvalue weighted by atomic mass is 10.0. The molecule has 1 aromatic carbocycles. The summed E-state index contributed by atoms with van der Waals surface area (Å²) in [4.78, 5) is 37.8. The van der Waals surface area contributed by atoms with E-state index < -0.39 is 29.3 Å². The predicted octanol–water partition coefficient (Wildman–Crippen LogP) is 4.65. The Kier molecular flexibility index (Phi) is 8.26. The maximum Gasteiger partial charge on any atom is 0.264 e. The molecule has 0 unspecified atom stereocenters. The van der Waals surface area contributed by atoms with Crippen LogP contribution in [0, 0.1) is 5.82 Å². The van der Waals surface area contributed by atoms with Crippen molar-refractivity contribution in [2.24, 2.45) is 0 Å². The van der Waals surface area contributed by atoms with Crippen LogP contribution in [0.4, 0.5) is 30.4 Å². The second-order valence-electron chi connectivity index (χ2n) is 10.7. The van der Waals surface area contributed by atoms with Crippen LogP contribution in [0.2, 0.25) is 0 Å². The topological polar surface area (TPSA) is 93.8 Å². The van der Waals surface area contributed by atoms with Crippen LogP contribution in [-0.2, 0) is 4.74 Å². The monoisotopic (exact) mass is 582 g/mol. The van der Waals surface area contributed by atoms with E-state index in [0.29, 0.717) is 50.1 Å². The minimum atomic E-state index is -3.04. The van der Waals surface area contributed by atoms with Crippen LogP contribution >= 0.6 is 0 Å². The van der Waals surface area contributed by atoms with Gasteiger partial charge in [0.05, 0.1) is 36.2 Å². The average Bonchev–Trinajstić information content (AvgIpc) is 2.96. The molecule has 2 atom stereocenters. The molecule has 2 aliphatic rings. The highest BCUT2D eigenvalue weighted by molar-refractivity contribution is 6.07. The summed E-state index contributed by atoms with van der Waals surface area (Å²) in [6, 6.07) is 7.11. The Morgan fingerprint density at radius 1 is 1.19 bits per heavy atom. The summed E-state index contributed by atoms with van der Waals surface area (Å²) in [6.45, 7) is 10.9. The Morgan fingerprint density at radius 3 is 2.64 bits per heavy atom. The van der Waals surface area contributed by atoms with Crippen molar-refractivity contribution in [2.45, 2.75) is 32.4 Å². The number of halogens is 3. The van der Waals surface area contributed by atoms with Crippen LogP contribution in [-0.4, -0.2) is 72.8 Å². The minimum absolute atomic E-state index is 0.0434. The van der Waals surface area contributed by atoms with Crippen molar-refractivity contribution in [3.05, 3.63) is 82.3 Å². The van der Waals surface area contributed by atoms with Crippen LogP contribution in [0.3, 0.4) is 0 Å². The smallest absolute Gasteiger partial charge is 0.264 e. The summed E-state index contributed by atoms with van der Waals surface area (Å²) in [7, 11) is 1.92. The van der Waals surface area contributed by atoms with Crippen molar-refractivity contribution in [3.63, 3.8) is 0 Å². The third kappa shape index (κ3) is 5.98. The van der Waals surface area contributed by atoms with Crippen molar-refractivity contribution in [1.29, 1.82) is 0 Å². The number of hydrogen-bond acceptors (Lipinski definition) is 7. The normalized spacial score (nSPS) is 19.4. The summed E-state index contributed by atoms with van der Waals surface area (Å²) >= 11 is 0. The van der Waals surface area contributed by atoms with Crippen molar-refractivity contribution in [3.8, 4) is 11.1 Å². The van der Waals surface area contributed by atoms with E-state index in [4.69, 9.17) is 4.74 Å². The molecule has 0 bridgehead atoms. The van der Waals surface area contributed by atoms with Crippen molar-refractivity contribution < 1.29 is 22.7 Å². The lowest BCUT2D eigenvalue weighted by Gasteiger charge is -2.42. The summed E-state index contributed by atoms with van der Waals surface area (Å²) in [5.41, 5.74) is 0.224. The van der Waals surface area contributed by atoms with E-state index in [1.54, 1.807) is 18.3 Å². The largest absolute Gasteiger partial charge is 0.375 e. The first-order chi connectivity index (χ1) is 20.0. The first-order valence-electron chi connectivity index (χ1n) is 13.7. The van der Waals surface area contributed by atoms with Gasteiger partial charge in [0.1, 0.15) is 11.6 Å². The molecule has 0 spiro atoms. The molecule has 9 nitrogen and oxygen atoms in total. The molecule has 5 rings (SSSR count). The van der Waals surface area contributed by atoms with Gasteiger partial charge >= 0.3 is 0 Å². The van der Waals surface area contributed by atoms with E-state index >= 15 is 4.39 Å². The predicted molar refractivity (Wildman–Crippen MR) is 156 cm³/mol. The average molecular weight is 583 g/mol. The first kappa shape index (κ1) is 29.2. The Labute approximate surface area is 241 Å². The van der Waals surface area contributed by atoms with Gasteiger partial charge in [0.15, 0.2) is 0 Å². The van der Waals surface area contributed by atoms with Crippen LogP contribution in [0.15, 0.2) is 59.8 Å². The summed E-state index contributed by atoms with van der Waals surface area (Å²) in [5.74, 6) is -0.662. The number of likely N-dealkylation sites (N-methyl/N-ethyl adjacent to an activating group) is 1. The molecule has 2 fully saturated rings. The van der Waals surface area contributed by atoms with Crippen LogP contribution in [0.1, 0.15) is 36.2 Å². The zero-order chi connectivity index (χ0) is 30.1. The molecule has 2 N–H and O–H groups in total. The van der Waals surface area contributed by atoms with Gasteiger partial charge in [-0.05, 0) is 38.1 Å². The number of pyridine rings is 2. The molecule has 1 amide bonds. The number of hydrogen-bond donors (Lipinski definition) is 2. The highest BCUT2D eigenvalue weighted by Gasteiger charge is 2.28. The lowest BCUT2D eigenvalue weighted by molar-refractivity contribution is 0.0529. The Balaban J connectivity index is 1.53. The van der Waals surface area contributed by atoms with E-state index in [9.17, 15) is 18.4 Å². The Morgan fingerprint density at radius 2 is 1.98 bits per heavy atom. The van der Waals surface area contributed by atoms with E-state index in [-0.39, 0.29) is 29.0 Å². The molecule has 0 aliphatic carbocycles. The summed E-state index contributed by atoms with van der Waals surface area (Å²) in [6.07, 6.45) is -0.455. The molecular weight excluding hydrogens is 549 g/mol. The maximum absolute atomic E-state index is 15.8. The van der Waals surface area contributed by atoms with Crippen LogP contribution in [0.5, 0.6) is 0 Å². The standard InChI is InChI=1S/C30H33F3N6O3/c1-17-14-39(15-18(2)37(17)4)26-11-24(31)21(20-5-6-27(34-12-20)38-7-8-42-19(3)16-38)9-25(26)36-30(41)23-13-35-28(40)10-22(23)29(32)33/h5-6,9-13,18-19,29H,1,7-8,14-16H2,2-4H3,(H,35,40)(H,36,41)/t18-,19+/m1/s1. The number of carbonyl (C=O) groups is 1. The third-order valence-corrected chi connectivity index (χ3v) is 7.75. The number of morpholine rings is 1. The Bertz CT molecular complexity index is 1540. The number of H-pyrrole nitrogens is 1. The molecule has 42 heavy (non-hydrogen) atoms. The van der Waals surface area contributed by atoms with Crippen molar-refractivity contribution in [1.82, 2.24) is 14.9 Å². The van der Waals surface area contributed by atoms with Crippen molar-refractivity contribution in [2.75, 3.05) is 55.0 Å². The number of piperazine rings is 1. The van der Waals surface area contributed by atoms with Gasteiger partial charge in [-0.1, -0.05) is 6.58 Å². The number of benzene rings is 1. The van der Waals surface area contributed by atoms with Crippen molar-refractivity contribution >= 4 is 23.1 Å². The molecule has 0 radical (unpaired) electrons. The number of ether oxygens (including phenoxy) is 1. The number of rotatable bonds is 6. The van der Waals surface area contributed by atoms with E-state index in [1.807, 2.05) is 30.7 Å². The molecule has 3 aromatic rings. The fourth-order valence-corrected chi connectivity index (χ4v) is 5.29. The van der Waals surface area contributed by atoms with Gasteiger partial charge in [-0.15, -0.1) is 0 Å². The van der Waals surface area contributed by atoms with Gasteiger partial charge in [0, 0.05) is 73.6 Å². The third-order valence-electron chi connectivity index (χ3n) is 7.75. The number of amides is 1. The second kappa shape index (κ2) is 11.9. The molecule has 0 saturated carbocycles. The quantitative estimate of drug-likeness (QED) is 0.437. The molecule has 2 saturated heterocycles. The lowest BCUT2D eigenvalue weighted by Crippen LogP contribution is -2.48. The summed E-state index contributed by atoms with van der Waals surface area (Å²) in [5, 5.41) is 2.70. The van der Waals surface area contributed by atoms with Crippen LogP contribution < -0.4 is 20.7 Å². The van der Waals surface area contributed by atoms with E-state index in [0.717, 1.165) is 17.7 Å². The van der Waals surface area contributed by atoms with Gasteiger partial charge in [0.25, 0.3) is 12.3 Å². The fraction of sp³-hybridized carbons (Fsp3) is 0.367. The number of aromatic nitrogens is 2. The number of carbonyl (C=O) groups excluding carboxylic acids is 1. The number of anilines is 3. The molecule has 2 aliphatic heterocycles. The molecule has 4 heterocycles. The van der Waals surface area contributed by atoms with Gasteiger partial charge in [-0.3, -0.25) is 9.59 Å². The molecule has 222 valence electrons. The van der Waals surface area contributed by atoms with Gasteiger partial charge < -0.3 is 29.7 Å². The SMILES string of the molecule is C=C1CN(c2cc(F)c(-c3ccc(N4CCO[C@@H](C)C4)nc3)cc2NC(=O)c2c[nH]c(=O)cc2C(F)F)C[C@@H](C)N1C. The van der Waals surface area contributed by atoms with Gasteiger partial charge in [-0.2, -0.15) is 0 Å². The highest BCUT2D eigenvalue weighted by atomic mass is 19.3. The number of nitrogens with one attached hydrogen (secondary N) is 2.